The van der Waals surface area contributed by atoms with Gasteiger partial charge < -0.3 is 15.4 Å². The van der Waals surface area contributed by atoms with Crippen LogP contribution in [-0.4, -0.2) is 22.0 Å². The Balaban J connectivity index is 1.63. The van der Waals surface area contributed by atoms with Crippen LogP contribution < -0.4 is 15.4 Å². The number of carbonyl (C=O) groups is 1. The molecule has 6 nitrogen and oxygen atoms in total. The van der Waals surface area contributed by atoms with Crippen LogP contribution >= 0.6 is 0 Å². The van der Waals surface area contributed by atoms with Gasteiger partial charge in [-0.25, -0.2) is 9.97 Å². The molecule has 0 aliphatic rings. The van der Waals surface area contributed by atoms with Gasteiger partial charge in [-0.2, -0.15) is 0 Å². The van der Waals surface area contributed by atoms with Crippen molar-refractivity contribution in [2.75, 3.05) is 10.6 Å². The van der Waals surface area contributed by atoms with Crippen LogP contribution in [0.15, 0.2) is 60.9 Å². The Kier molecular flexibility index (Phi) is 6.22. The Morgan fingerprint density at radius 2 is 1.79 bits per heavy atom. The fourth-order valence-electron chi connectivity index (χ4n) is 2.68. The van der Waals surface area contributed by atoms with Crippen molar-refractivity contribution in [3.05, 3.63) is 72.2 Å². The molecule has 0 fully saturated rings. The Morgan fingerprint density at radius 1 is 1.04 bits per heavy atom. The summed E-state index contributed by atoms with van der Waals surface area (Å²) in [6.45, 7) is 6.02. The number of nitrogens with zero attached hydrogens (tertiary/aromatic N) is 2. The van der Waals surface area contributed by atoms with Crippen LogP contribution in [0.4, 0.5) is 17.2 Å². The van der Waals surface area contributed by atoms with E-state index in [1.54, 1.807) is 6.20 Å². The second-order valence-electron chi connectivity index (χ2n) is 6.57. The fraction of sp³-hybridized carbons (Fsp3) is 0.227. The summed E-state index contributed by atoms with van der Waals surface area (Å²) >= 11 is 0. The maximum atomic E-state index is 12.4. The zero-order chi connectivity index (χ0) is 19.9. The maximum absolute atomic E-state index is 12.4. The van der Waals surface area contributed by atoms with Crippen LogP contribution in [0.3, 0.4) is 0 Å². The summed E-state index contributed by atoms with van der Waals surface area (Å²) < 4.78 is 5.63. The first kappa shape index (κ1) is 19.4. The highest BCUT2D eigenvalue weighted by atomic mass is 16.5. The molecule has 1 amide bonds. The molecule has 0 bridgehead atoms. The number of aryl methyl sites for hydroxylation is 1. The van der Waals surface area contributed by atoms with Gasteiger partial charge in [0.1, 0.15) is 17.3 Å². The molecule has 2 N–H and O–H groups in total. The molecule has 1 aromatic heterocycles. The lowest BCUT2D eigenvalue weighted by Gasteiger charge is -2.11. The number of anilines is 3. The molecule has 3 aromatic rings. The summed E-state index contributed by atoms with van der Waals surface area (Å²) in [6, 6.07) is 15.3. The van der Waals surface area contributed by atoms with E-state index < -0.39 is 0 Å². The minimum Gasteiger partial charge on any atom is -0.491 e. The maximum Gasteiger partial charge on any atom is 0.275 e. The summed E-state index contributed by atoms with van der Waals surface area (Å²) in [7, 11) is 0. The molecule has 3 rings (SSSR count). The van der Waals surface area contributed by atoms with Crippen molar-refractivity contribution in [1.29, 1.82) is 0 Å². The smallest absolute Gasteiger partial charge is 0.275 e. The standard InChI is InChI=1S/C22H24N4O2/c1-4-16-7-5-6-8-19(16)26-22(27)20-13-24-21(14-23-20)25-17-9-11-18(12-10-17)28-15(2)3/h5-15H,4H2,1-3H3,(H,24,25)(H,26,27). The average Bonchev–Trinajstić information content (AvgIpc) is 2.70. The van der Waals surface area contributed by atoms with E-state index in [-0.39, 0.29) is 17.7 Å². The van der Waals surface area contributed by atoms with Crippen LogP contribution in [0.2, 0.25) is 0 Å². The molecule has 1 heterocycles. The van der Waals surface area contributed by atoms with Crippen molar-refractivity contribution in [2.45, 2.75) is 33.3 Å². The molecule has 0 unspecified atom stereocenters. The Bertz CT molecular complexity index is 922. The van der Waals surface area contributed by atoms with Crippen molar-refractivity contribution < 1.29 is 9.53 Å². The van der Waals surface area contributed by atoms with Crippen LogP contribution in [0.25, 0.3) is 0 Å². The molecule has 144 valence electrons. The van der Waals surface area contributed by atoms with Gasteiger partial charge in [-0.1, -0.05) is 25.1 Å². The van der Waals surface area contributed by atoms with E-state index in [0.717, 1.165) is 29.1 Å². The van der Waals surface area contributed by atoms with Gasteiger partial charge in [-0.15, -0.1) is 0 Å². The molecular weight excluding hydrogens is 352 g/mol. The second kappa shape index (κ2) is 8.99. The number of para-hydroxylation sites is 1. The van der Waals surface area contributed by atoms with Crippen LogP contribution in [0, 0.1) is 0 Å². The molecule has 0 saturated carbocycles. The number of hydrogen-bond donors (Lipinski definition) is 2. The third-order valence-corrected chi connectivity index (χ3v) is 4.03. The lowest BCUT2D eigenvalue weighted by molar-refractivity contribution is 0.102. The first-order valence-corrected chi connectivity index (χ1v) is 9.30. The summed E-state index contributed by atoms with van der Waals surface area (Å²) in [5, 5.41) is 6.05. The lowest BCUT2D eigenvalue weighted by atomic mass is 10.1. The third-order valence-electron chi connectivity index (χ3n) is 4.03. The Labute approximate surface area is 165 Å². The van der Waals surface area contributed by atoms with E-state index in [1.165, 1.54) is 6.20 Å². The highest BCUT2D eigenvalue weighted by Gasteiger charge is 2.10. The van der Waals surface area contributed by atoms with E-state index in [4.69, 9.17) is 4.74 Å². The first-order chi connectivity index (χ1) is 13.5. The van der Waals surface area contributed by atoms with Crippen molar-refractivity contribution in [3.63, 3.8) is 0 Å². The van der Waals surface area contributed by atoms with Crippen molar-refractivity contribution >= 4 is 23.1 Å². The molecule has 0 saturated heterocycles. The lowest BCUT2D eigenvalue weighted by Crippen LogP contribution is -2.15. The summed E-state index contributed by atoms with van der Waals surface area (Å²) in [5.74, 6) is 1.09. The number of benzene rings is 2. The van der Waals surface area contributed by atoms with Crippen LogP contribution in [0.5, 0.6) is 5.75 Å². The van der Waals surface area contributed by atoms with Crippen molar-refractivity contribution in [3.8, 4) is 5.75 Å². The van der Waals surface area contributed by atoms with E-state index >= 15 is 0 Å². The van der Waals surface area contributed by atoms with Crippen LogP contribution in [0.1, 0.15) is 36.8 Å². The number of nitrogens with one attached hydrogen (secondary N) is 2. The number of carbonyl (C=O) groups excluding carboxylic acids is 1. The van der Waals surface area contributed by atoms with Crippen molar-refractivity contribution in [2.24, 2.45) is 0 Å². The quantitative estimate of drug-likeness (QED) is 0.618. The second-order valence-corrected chi connectivity index (χ2v) is 6.57. The van der Waals surface area contributed by atoms with Gasteiger partial charge in [0.05, 0.1) is 18.5 Å². The molecule has 0 aliphatic heterocycles. The third kappa shape index (κ3) is 5.07. The Hall–Kier alpha value is -3.41. The molecule has 2 aromatic carbocycles. The first-order valence-electron chi connectivity index (χ1n) is 9.30. The number of hydrogen-bond acceptors (Lipinski definition) is 5. The minimum absolute atomic E-state index is 0.132. The molecule has 0 atom stereocenters. The van der Waals surface area contributed by atoms with Gasteiger partial charge >= 0.3 is 0 Å². The monoisotopic (exact) mass is 376 g/mol. The van der Waals surface area contributed by atoms with Gasteiger partial charge in [0, 0.05) is 11.4 Å². The van der Waals surface area contributed by atoms with E-state index in [2.05, 4.69) is 20.6 Å². The summed E-state index contributed by atoms with van der Waals surface area (Å²) in [5.41, 5.74) is 2.99. The molecule has 6 heteroatoms. The molecule has 28 heavy (non-hydrogen) atoms. The average molecular weight is 376 g/mol. The number of amides is 1. The van der Waals surface area contributed by atoms with Gasteiger partial charge in [0.2, 0.25) is 0 Å². The predicted molar refractivity (Wildman–Crippen MR) is 111 cm³/mol. The normalized spacial score (nSPS) is 10.6. The highest BCUT2D eigenvalue weighted by molar-refractivity contribution is 6.03. The van der Waals surface area contributed by atoms with Gasteiger partial charge in [-0.3, -0.25) is 4.79 Å². The number of aromatic nitrogens is 2. The van der Waals surface area contributed by atoms with Crippen LogP contribution in [-0.2, 0) is 6.42 Å². The van der Waals surface area contributed by atoms with E-state index in [9.17, 15) is 4.79 Å². The summed E-state index contributed by atoms with van der Waals surface area (Å²) in [6.07, 6.45) is 3.97. The Morgan fingerprint density at radius 3 is 2.43 bits per heavy atom. The highest BCUT2D eigenvalue weighted by Crippen LogP contribution is 2.20. The SMILES string of the molecule is CCc1ccccc1NC(=O)c1cnc(Nc2ccc(OC(C)C)cc2)cn1. The molecule has 0 spiro atoms. The van der Waals surface area contributed by atoms with Gasteiger partial charge in [-0.05, 0) is 56.2 Å². The molecular formula is C22H24N4O2. The predicted octanol–water partition coefficient (Wildman–Crippen LogP) is 4.82. The van der Waals surface area contributed by atoms with E-state index in [0.29, 0.717) is 5.82 Å². The minimum atomic E-state index is -0.282. The molecule has 0 radical (unpaired) electrons. The number of ether oxygens (including phenoxy) is 1. The fourth-order valence-corrected chi connectivity index (χ4v) is 2.68. The van der Waals surface area contributed by atoms with Crippen molar-refractivity contribution in [1.82, 2.24) is 9.97 Å². The topological polar surface area (TPSA) is 76.1 Å². The zero-order valence-corrected chi connectivity index (χ0v) is 16.3. The summed E-state index contributed by atoms with van der Waals surface area (Å²) in [4.78, 5) is 20.9. The zero-order valence-electron chi connectivity index (χ0n) is 16.3. The largest absolute Gasteiger partial charge is 0.491 e. The van der Waals surface area contributed by atoms with Gasteiger partial charge in [0.25, 0.3) is 5.91 Å². The van der Waals surface area contributed by atoms with E-state index in [1.807, 2.05) is 69.3 Å². The molecule has 0 aliphatic carbocycles. The number of rotatable bonds is 7. The van der Waals surface area contributed by atoms with Gasteiger partial charge in [0.15, 0.2) is 0 Å².